The minimum absolute atomic E-state index is 0.0895. The van der Waals surface area contributed by atoms with Crippen LogP contribution < -0.4 is 5.32 Å². The molecule has 0 aromatic rings. The molecule has 2 N–H and O–H groups in total. The van der Waals surface area contributed by atoms with Crippen molar-refractivity contribution in [2.45, 2.75) is 13.3 Å². The molecule has 0 bridgehead atoms. The smallest absolute Gasteiger partial charge is 0.330 e. The molecule has 0 amide bonds. The summed E-state index contributed by atoms with van der Waals surface area (Å²) in [6, 6.07) is 3.49. The molecular formula is C14H17N3O2. The summed E-state index contributed by atoms with van der Waals surface area (Å²) in [5.41, 5.74) is 0.353. The van der Waals surface area contributed by atoms with Crippen LogP contribution >= 0.6 is 0 Å². The van der Waals surface area contributed by atoms with Crippen molar-refractivity contribution in [1.29, 1.82) is 10.5 Å². The van der Waals surface area contributed by atoms with E-state index in [0.717, 1.165) is 0 Å². The Bertz CT molecular complexity index is 432. The lowest BCUT2D eigenvalue weighted by Gasteiger charge is -1.88. The fraction of sp³-hybridized carbons (Fsp3) is 0.214. The first kappa shape index (κ1) is 18.6. The van der Waals surface area contributed by atoms with Crippen LogP contribution in [0, 0.1) is 22.7 Å². The van der Waals surface area contributed by atoms with Gasteiger partial charge in [0.25, 0.3) is 0 Å². The van der Waals surface area contributed by atoms with Gasteiger partial charge in [0, 0.05) is 12.1 Å². The van der Waals surface area contributed by atoms with Crippen LogP contribution in [0.25, 0.3) is 0 Å². The van der Waals surface area contributed by atoms with Crippen molar-refractivity contribution < 1.29 is 9.90 Å². The zero-order chi connectivity index (χ0) is 15.1. The lowest BCUT2D eigenvalue weighted by atomic mass is 10.2. The van der Waals surface area contributed by atoms with Crippen LogP contribution in [-0.2, 0) is 4.79 Å². The largest absolute Gasteiger partial charge is 0.478 e. The predicted octanol–water partition coefficient (Wildman–Crippen LogP) is 2.29. The molecule has 0 aliphatic rings. The summed E-state index contributed by atoms with van der Waals surface area (Å²) in [7, 11) is 0. The number of allylic oxidation sites excluding steroid dienone is 3. The molecular weight excluding hydrogens is 242 g/mol. The number of nitrogens with one attached hydrogen (secondary N) is 1. The average Bonchev–Trinajstić information content (AvgIpc) is 2.42. The van der Waals surface area contributed by atoms with Gasteiger partial charge in [0.2, 0.25) is 0 Å². The molecule has 19 heavy (non-hydrogen) atoms. The van der Waals surface area contributed by atoms with Crippen molar-refractivity contribution in [3.8, 4) is 12.1 Å². The maximum Gasteiger partial charge on any atom is 0.330 e. The number of carboxylic acid groups (broad SMARTS) is 1. The van der Waals surface area contributed by atoms with Gasteiger partial charge in [-0.2, -0.15) is 10.5 Å². The van der Waals surface area contributed by atoms with Crippen molar-refractivity contribution in [2.75, 3.05) is 6.54 Å². The Morgan fingerprint density at radius 3 is 2.32 bits per heavy atom. The number of hydrogen-bond acceptors (Lipinski definition) is 4. The summed E-state index contributed by atoms with van der Waals surface area (Å²) >= 11 is 0. The molecule has 0 fully saturated rings. The molecule has 0 saturated heterocycles. The quantitative estimate of drug-likeness (QED) is 0.251. The molecule has 0 rings (SSSR count). The minimum atomic E-state index is -0.900. The Labute approximate surface area is 113 Å². The Morgan fingerprint density at radius 1 is 1.42 bits per heavy atom. The highest BCUT2D eigenvalue weighted by Gasteiger charge is 1.96. The van der Waals surface area contributed by atoms with Gasteiger partial charge in [0.05, 0.1) is 0 Å². The molecule has 0 aliphatic heterocycles. The fourth-order valence-corrected chi connectivity index (χ4v) is 0.615. The van der Waals surface area contributed by atoms with Crippen LogP contribution in [0.15, 0.2) is 48.7 Å². The second kappa shape index (κ2) is 13.3. The van der Waals surface area contributed by atoms with E-state index >= 15 is 0 Å². The van der Waals surface area contributed by atoms with E-state index in [-0.39, 0.29) is 11.1 Å². The summed E-state index contributed by atoms with van der Waals surface area (Å²) in [5.74, 6) is -0.900. The van der Waals surface area contributed by atoms with Gasteiger partial charge in [0.15, 0.2) is 0 Å². The summed E-state index contributed by atoms with van der Waals surface area (Å²) < 4.78 is 0. The predicted molar refractivity (Wildman–Crippen MR) is 73.7 cm³/mol. The van der Waals surface area contributed by atoms with Crippen molar-refractivity contribution in [1.82, 2.24) is 5.32 Å². The highest BCUT2D eigenvalue weighted by molar-refractivity contribution is 5.85. The topological polar surface area (TPSA) is 96.9 Å². The van der Waals surface area contributed by atoms with Gasteiger partial charge >= 0.3 is 5.97 Å². The molecule has 0 radical (unpaired) electrons. The number of rotatable bonds is 6. The minimum Gasteiger partial charge on any atom is -0.478 e. The third-order valence-corrected chi connectivity index (χ3v) is 1.71. The lowest BCUT2D eigenvalue weighted by Crippen LogP contribution is -2.02. The average molecular weight is 259 g/mol. The van der Waals surface area contributed by atoms with Crippen LogP contribution in [0.3, 0.4) is 0 Å². The van der Waals surface area contributed by atoms with E-state index in [4.69, 9.17) is 15.6 Å². The zero-order valence-corrected chi connectivity index (χ0v) is 10.9. The molecule has 0 atom stereocenters. The third-order valence-electron chi connectivity index (χ3n) is 1.71. The second-order valence-electron chi connectivity index (χ2n) is 3.12. The van der Waals surface area contributed by atoms with Crippen molar-refractivity contribution >= 4 is 5.97 Å². The Balaban J connectivity index is 0. The van der Waals surface area contributed by atoms with Gasteiger partial charge in [-0.05, 0) is 24.8 Å². The lowest BCUT2D eigenvalue weighted by molar-refractivity contribution is -0.132. The summed E-state index contributed by atoms with van der Waals surface area (Å²) in [6.07, 6.45) is 6.93. The maximum absolute atomic E-state index is 9.83. The molecule has 0 saturated carbocycles. The fourth-order valence-electron chi connectivity index (χ4n) is 0.615. The number of nitriles is 2. The van der Waals surface area contributed by atoms with Gasteiger partial charge in [-0.25, -0.2) is 4.79 Å². The summed E-state index contributed by atoms with van der Waals surface area (Å²) in [6.45, 7) is 9.21. The molecule has 0 aromatic heterocycles. The van der Waals surface area contributed by atoms with E-state index in [1.54, 1.807) is 37.4 Å². The molecule has 0 unspecified atom stereocenters. The first-order valence-electron chi connectivity index (χ1n) is 5.45. The van der Waals surface area contributed by atoms with Gasteiger partial charge in [-0.1, -0.05) is 19.6 Å². The van der Waals surface area contributed by atoms with Gasteiger partial charge in [-0.15, -0.1) is 6.58 Å². The molecule has 100 valence electrons. The SMILES string of the molecule is C=C(CC)C(=O)O.C=CCNC=CC=C(C#N)C#N. The highest BCUT2D eigenvalue weighted by atomic mass is 16.4. The van der Waals surface area contributed by atoms with E-state index in [0.29, 0.717) is 13.0 Å². The first-order valence-corrected chi connectivity index (χ1v) is 5.45. The Morgan fingerprint density at radius 2 is 2.00 bits per heavy atom. The molecule has 0 spiro atoms. The van der Waals surface area contributed by atoms with Gasteiger partial charge in [-0.3, -0.25) is 0 Å². The van der Waals surface area contributed by atoms with Crippen molar-refractivity contribution in [3.63, 3.8) is 0 Å². The number of aliphatic carboxylic acids is 1. The first-order chi connectivity index (χ1) is 9.03. The summed E-state index contributed by atoms with van der Waals surface area (Å²) in [5, 5.41) is 27.6. The van der Waals surface area contributed by atoms with Crippen LogP contribution in [0.1, 0.15) is 13.3 Å². The third kappa shape index (κ3) is 13.1. The van der Waals surface area contributed by atoms with E-state index < -0.39 is 5.97 Å². The molecule has 0 aliphatic carbocycles. The monoisotopic (exact) mass is 259 g/mol. The number of hydrogen-bond donors (Lipinski definition) is 2. The molecule has 5 heteroatoms. The van der Waals surface area contributed by atoms with E-state index in [9.17, 15) is 4.79 Å². The zero-order valence-electron chi connectivity index (χ0n) is 10.9. The van der Waals surface area contributed by atoms with Crippen LogP contribution in [-0.4, -0.2) is 17.6 Å². The normalized spacial score (nSPS) is 8.16. The maximum atomic E-state index is 9.83. The Kier molecular flexibility index (Phi) is 13.0. The standard InChI is InChI=1S/C9H9N3.C5H8O2/c1-2-5-12-6-3-4-9(7-10)8-11;1-3-4(2)5(6)7/h2-4,6,12H,1,5H2;2-3H2,1H3,(H,6,7). The molecule has 0 aromatic carbocycles. The van der Waals surface area contributed by atoms with Crippen LogP contribution in [0.2, 0.25) is 0 Å². The number of nitrogens with zero attached hydrogens (tertiary/aromatic N) is 2. The van der Waals surface area contributed by atoms with Crippen LogP contribution in [0.4, 0.5) is 0 Å². The number of carboxylic acids is 1. The summed E-state index contributed by atoms with van der Waals surface area (Å²) in [4.78, 5) is 9.83. The highest BCUT2D eigenvalue weighted by Crippen LogP contribution is 1.93. The van der Waals surface area contributed by atoms with Gasteiger partial charge < -0.3 is 10.4 Å². The molecule has 0 heterocycles. The van der Waals surface area contributed by atoms with E-state index in [1.807, 2.05) is 0 Å². The van der Waals surface area contributed by atoms with Crippen LogP contribution in [0.5, 0.6) is 0 Å². The van der Waals surface area contributed by atoms with Gasteiger partial charge in [0.1, 0.15) is 17.7 Å². The Hall–Kier alpha value is -2.79. The van der Waals surface area contributed by atoms with Crippen molar-refractivity contribution in [2.24, 2.45) is 0 Å². The molecule has 5 nitrogen and oxygen atoms in total. The van der Waals surface area contributed by atoms with E-state index in [2.05, 4.69) is 18.5 Å². The van der Waals surface area contributed by atoms with Crippen molar-refractivity contribution in [3.05, 3.63) is 48.7 Å². The number of carbonyl (C=O) groups is 1. The second-order valence-corrected chi connectivity index (χ2v) is 3.12. The van der Waals surface area contributed by atoms with E-state index in [1.165, 1.54) is 6.08 Å².